The van der Waals surface area contributed by atoms with Crippen molar-refractivity contribution in [3.8, 4) is 0 Å². The third-order valence-corrected chi connectivity index (χ3v) is 3.88. The first kappa shape index (κ1) is 12.9. The Balaban J connectivity index is 1.74. The van der Waals surface area contributed by atoms with E-state index < -0.39 is 0 Å². The highest BCUT2D eigenvalue weighted by molar-refractivity contribution is 9.10. The molecule has 1 aromatic carbocycles. The molecule has 0 aliphatic heterocycles. The lowest BCUT2D eigenvalue weighted by Gasteiger charge is -2.21. The molecule has 3 rings (SSSR count). The Labute approximate surface area is 120 Å². The summed E-state index contributed by atoms with van der Waals surface area (Å²) < 4.78 is 20.1. The van der Waals surface area contributed by atoms with Crippen LogP contribution < -0.4 is 0 Å². The molecule has 2 nitrogen and oxygen atoms in total. The predicted molar refractivity (Wildman–Crippen MR) is 75.1 cm³/mol. The zero-order valence-electron chi connectivity index (χ0n) is 10.5. The molecule has 1 aliphatic rings. The molecular formula is C15H15BrFNO. The van der Waals surface area contributed by atoms with Crippen molar-refractivity contribution in [3.05, 3.63) is 58.2 Å². The molecule has 0 N–H and O–H groups in total. The second-order valence-corrected chi connectivity index (χ2v) is 5.87. The number of hydrogen-bond donors (Lipinski definition) is 0. The van der Waals surface area contributed by atoms with E-state index in [1.165, 1.54) is 18.9 Å². The van der Waals surface area contributed by atoms with Gasteiger partial charge in [0, 0.05) is 22.6 Å². The Morgan fingerprint density at radius 1 is 1.26 bits per heavy atom. The van der Waals surface area contributed by atoms with Gasteiger partial charge >= 0.3 is 0 Å². The van der Waals surface area contributed by atoms with Crippen LogP contribution in [0.25, 0.3) is 0 Å². The smallest absolute Gasteiger partial charge is 0.128 e. The Bertz CT molecular complexity index is 551. The fourth-order valence-corrected chi connectivity index (χ4v) is 2.56. The SMILES string of the molecule is Fc1cc(Br)ccc1CN(Cc1ccco1)C1CC1. The molecule has 100 valence electrons. The van der Waals surface area contributed by atoms with E-state index in [1.807, 2.05) is 24.3 Å². The molecule has 0 amide bonds. The molecule has 19 heavy (non-hydrogen) atoms. The van der Waals surface area contributed by atoms with Gasteiger partial charge in [-0.05, 0) is 37.1 Å². The van der Waals surface area contributed by atoms with Gasteiger partial charge in [-0.2, -0.15) is 0 Å². The van der Waals surface area contributed by atoms with Crippen LogP contribution in [0.2, 0.25) is 0 Å². The first-order chi connectivity index (χ1) is 9.22. The van der Waals surface area contributed by atoms with Gasteiger partial charge in [-0.15, -0.1) is 0 Å². The van der Waals surface area contributed by atoms with Crippen LogP contribution in [-0.4, -0.2) is 10.9 Å². The van der Waals surface area contributed by atoms with Crippen molar-refractivity contribution < 1.29 is 8.81 Å². The van der Waals surface area contributed by atoms with Gasteiger partial charge in [-0.3, -0.25) is 4.90 Å². The van der Waals surface area contributed by atoms with Crippen LogP contribution in [0.3, 0.4) is 0 Å². The number of rotatable bonds is 5. The quantitative estimate of drug-likeness (QED) is 0.813. The lowest BCUT2D eigenvalue weighted by Crippen LogP contribution is -2.25. The maximum Gasteiger partial charge on any atom is 0.128 e. The van der Waals surface area contributed by atoms with E-state index >= 15 is 0 Å². The zero-order valence-corrected chi connectivity index (χ0v) is 12.1. The molecule has 1 aliphatic carbocycles. The highest BCUT2D eigenvalue weighted by Gasteiger charge is 2.30. The first-order valence-electron chi connectivity index (χ1n) is 6.43. The van der Waals surface area contributed by atoms with E-state index in [0.29, 0.717) is 12.6 Å². The molecule has 0 spiro atoms. The van der Waals surface area contributed by atoms with Gasteiger partial charge in [0.1, 0.15) is 11.6 Å². The molecule has 0 saturated heterocycles. The third-order valence-electron chi connectivity index (χ3n) is 3.39. The van der Waals surface area contributed by atoms with Gasteiger partial charge in [-0.1, -0.05) is 22.0 Å². The summed E-state index contributed by atoms with van der Waals surface area (Å²) in [5.41, 5.74) is 0.738. The zero-order chi connectivity index (χ0) is 13.2. The van der Waals surface area contributed by atoms with E-state index in [9.17, 15) is 4.39 Å². The van der Waals surface area contributed by atoms with Crippen LogP contribution in [-0.2, 0) is 13.1 Å². The molecule has 0 atom stereocenters. The van der Waals surface area contributed by atoms with Gasteiger partial charge in [0.2, 0.25) is 0 Å². The van der Waals surface area contributed by atoms with E-state index in [0.717, 1.165) is 22.3 Å². The summed E-state index contributed by atoms with van der Waals surface area (Å²) in [7, 11) is 0. The van der Waals surface area contributed by atoms with Crippen LogP contribution in [0.4, 0.5) is 4.39 Å². The molecule has 0 radical (unpaired) electrons. The van der Waals surface area contributed by atoms with Crippen LogP contribution in [0.1, 0.15) is 24.2 Å². The summed E-state index contributed by atoms with van der Waals surface area (Å²) >= 11 is 3.28. The van der Waals surface area contributed by atoms with E-state index in [1.54, 1.807) is 6.26 Å². The Morgan fingerprint density at radius 3 is 2.74 bits per heavy atom. The summed E-state index contributed by atoms with van der Waals surface area (Å²) in [5, 5.41) is 0. The topological polar surface area (TPSA) is 16.4 Å². The largest absolute Gasteiger partial charge is 0.468 e. The molecular weight excluding hydrogens is 309 g/mol. The van der Waals surface area contributed by atoms with Crippen LogP contribution >= 0.6 is 15.9 Å². The lowest BCUT2D eigenvalue weighted by atomic mass is 10.2. The van der Waals surface area contributed by atoms with Gasteiger partial charge in [0.05, 0.1) is 12.8 Å². The number of furan rings is 1. The van der Waals surface area contributed by atoms with E-state index in [-0.39, 0.29) is 5.82 Å². The van der Waals surface area contributed by atoms with Crippen LogP contribution in [0, 0.1) is 5.82 Å². The molecule has 4 heteroatoms. The maximum atomic E-state index is 13.9. The first-order valence-corrected chi connectivity index (χ1v) is 7.22. The number of halogens is 2. The predicted octanol–water partition coefficient (Wildman–Crippen LogP) is 4.35. The maximum absolute atomic E-state index is 13.9. The average molecular weight is 324 g/mol. The lowest BCUT2D eigenvalue weighted by molar-refractivity contribution is 0.222. The molecule has 1 fully saturated rings. The van der Waals surface area contributed by atoms with Gasteiger partial charge in [0.15, 0.2) is 0 Å². The van der Waals surface area contributed by atoms with E-state index in [2.05, 4.69) is 20.8 Å². The van der Waals surface area contributed by atoms with Crippen LogP contribution in [0.5, 0.6) is 0 Å². The van der Waals surface area contributed by atoms with Crippen molar-refractivity contribution in [1.29, 1.82) is 0 Å². The second kappa shape index (κ2) is 5.47. The monoisotopic (exact) mass is 323 g/mol. The normalized spacial score (nSPS) is 15.1. The summed E-state index contributed by atoms with van der Waals surface area (Å²) in [6, 6.07) is 9.67. The minimum absolute atomic E-state index is 0.153. The minimum Gasteiger partial charge on any atom is -0.468 e. The summed E-state index contributed by atoms with van der Waals surface area (Å²) in [4.78, 5) is 2.28. The fraction of sp³-hybridized carbons (Fsp3) is 0.333. The molecule has 0 bridgehead atoms. The highest BCUT2D eigenvalue weighted by Crippen LogP contribution is 2.30. The second-order valence-electron chi connectivity index (χ2n) is 4.95. The fourth-order valence-electron chi connectivity index (χ4n) is 2.23. The summed E-state index contributed by atoms with van der Waals surface area (Å²) in [6.07, 6.45) is 4.07. The van der Waals surface area contributed by atoms with Crippen molar-refractivity contribution >= 4 is 15.9 Å². The average Bonchev–Trinajstić information content (AvgIpc) is 3.10. The van der Waals surface area contributed by atoms with Crippen molar-refractivity contribution in [2.45, 2.75) is 32.0 Å². The van der Waals surface area contributed by atoms with Crippen molar-refractivity contribution in [2.24, 2.45) is 0 Å². The Hall–Kier alpha value is -1.13. The van der Waals surface area contributed by atoms with Gasteiger partial charge in [-0.25, -0.2) is 4.39 Å². The molecule has 1 heterocycles. The van der Waals surface area contributed by atoms with Crippen molar-refractivity contribution in [1.82, 2.24) is 4.90 Å². The van der Waals surface area contributed by atoms with Gasteiger partial charge in [0.25, 0.3) is 0 Å². The van der Waals surface area contributed by atoms with Crippen molar-refractivity contribution in [2.75, 3.05) is 0 Å². The number of nitrogens with zero attached hydrogens (tertiary/aromatic N) is 1. The van der Waals surface area contributed by atoms with Gasteiger partial charge < -0.3 is 4.42 Å². The molecule has 1 saturated carbocycles. The van der Waals surface area contributed by atoms with Crippen LogP contribution in [0.15, 0.2) is 45.5 Å². The molecule has 0 unspecified atom stereocenters. The third kappa shape index (κ3) is 3.25. The number of benzene rings is 1. The number of hydrogen-bond acceptors (Lipinski definition) is 2. The molecule has 2 aromatic rings. The minimum atomic E-state index is -0.153. The Morgan fingerprint density at radius 2 is 2.11 bits per heavy atom. The molecule has 1 aromatic heterocycles. The summed E-state index contributed by atoms with van der Waals surface area (Å²) in [5.74, 6) is 0.781. The highest BCUT2D eigenvalue weighted by atomic mass is 79.9. The summed E-state index contributed by atoms with van der Waals surface area (Å²) in [6.45, 7) is 1.37. The standard InChI is InChI=1S/C15H15BrFNO/c16-12-4-3-11(15(17)8-12)9-18(13-5-6-13)10-14-2-1-7-19-14/h1-4,7-8,13H,5-6,9-10H2. The van der Waals surface area contributed by atoms with Crippen molar-refractivity contribution in [3.63, 3.8) is 0 Å². The Kier molecular flexibility index (Phi) is 3.71. The van der Waals surface area contributed by atoms with E-state index in [4.69, 9.17) is 4.42 Å².